The summed E-state index contributed by atoms with van der Waals surface area (Å²) in [5.74, 6) is 0.419. The minimum Gasteiger partial charge on any atom is -0.292 e. The Morgan fingerprint density at radius 1 is 0.943 bits per heavy atom. The molecule has 2 heterocycles. The van der Waals surface area contributed by atoms with Crippen molar-refractivity contribution in [3.8, 4) is 22.5 Å². The van der Waals surface area contributed by atoms with Gasteiger partial charge in [-0.15, -0.1) is 10.2 Å². The number of H-pyrrole nitrogens is 1. The highest BCUT2D eigenvalue weighted by Crippen LogP contribution is 2.29. The average Bonchev–Trinajstić information content (AvgIpc) is 3.53. The highest BCUT2D eigenvalue weighted by molar-refractivity contribution is 5.80. The smallest absolute Gasteiger partial charge is 0.292 e. The number of carbonyl (C=O) groups excluding carboxylic acids is 1. The predicted molar refractivity (Wildman–Crippen MR) is 136 cm³/mol. The highest BCUT2D eigenvalue weighted by atomic mass is 16.2. The average molecular weight is 473 g/mol. The molecule has 0 atom stereocenters. The first-order valence-corrected chi connectivity index (χ1v) is 12.4. The summed E-state index contributed by atoms with van der Waals surface area (Å²) in [4.78, 5) is 25.8. The topological polar surface area (TPSA) is 98.5 Å². The zero-order valence-electron chi connectivity index (χ0n) is 20.4. The Labute approximate surface area is 205 Å². The summed E-state index contributed by atoms with van der Waals surface area (Å²) in [6.07, 6.45) is 7.84. The lowest BCUT2D eigenvalue weighted by Crippen LogP contribution is -2.29. The third-order valence-corrected chi connectivity index (χ3v) is 6.23. The van der Waals surface area contributed by atoms with Crippen molar-refractivity contribution in [3.63, 3.8) is 0 Å². The van der Waals surface area contributed by atoms with Gasteiger partial charge in [-0.3, -0.25) is 9.36 Å². The van der Waals surface area contributed by atoms with Crippen LogP contribution in [0.2, 0.25) is 0 Å². The van der Waals surface area contributed by atoms with E-state index in [1.165, 1.54) is 4.57 Å². The van der Waals surface area contributed by atoms with Gasteiger partial charge in [0.25, 0.3) is 0 Å². The lowest BCUT2D eigenvalue weighted by molar-refractivity contribution is 0.0894. The van der Waals surface area contributed by atoms with E-state index in [1.807, 2.05) is 55.5 Å². The number of tetrazole rings is 1. The van der Waals surface area contributed by atoms with E-state index in [9.17, 15) is 9.59 Å². The van der Waals surface area contributed by atoms with Crippen LogP contribution >= 0.6 is 0 Å². The van der Waals surface area contributed by atoms with Crippen molar-refractivity contribution in [2.24, 2.45) is 0 Å². The molecule has 4 aromatic rings. The Morgan fingerprint density at radius 3 is 2.37 bits per heavy atom. The molecule has 0 saturated heterocycles. The van der Waals surface area contributed by atoms with Gasteiger partial charge in [-0.1, -0.05) is 81.6 Å². The number of aromatic amines is 1. The van der Waals surface area contributed by atoms with E-state index in [-0.39, 0.29) is 11.6 Å². The quantitative estimate of drug-likeness (QED) is 0.306. The SMILES string of the molecule is CCCCCc1cn(C(=O)CCCC)c(=O)n1Cc1ccc(-c2ccccc2-c2nn[nH]n2)cc1. The number of aryl methyl sites for hydroxylation is 1. The molecular formula is C27H32N6O2. The van der Waals surface area contributed by atoms with E-state index in [0.717, 1.165) is 66.5 Å². The number of carbonyl (C=O) groups is 1. The van der Waals surface area contributed by atoms with Gasteiger partial charge in [-0.05, 0) is 41.2 Å². The van der Waals surface area contributed by atoms with Crippen molar-refractivity contribution in [2.75, 3.05) is 0 Å². The van der Waals surface area contributed by atoms with E-state index >= 15 is 0 Å². The molecule has 0 aliphatic rings. The van der Waals surface area contributed by atoms with Gasteiger partial charge >= 0.3 is 5.69 Å². The maximum atomic E-state index is 13.2. The summed E-state index contributed by atoms with van der Waals surface area (Å²) in [6.45, 7) is 4.63. The first-order chi connectivity index (χ1) is 17.1. The van der Waals surface area contributed by atoms with Crippen molar-refractivity contribution >= 4 is 5.91 Å². The second kappa shape index (κ2) is 11.6. The van der Waals surface area contributed by atoms with Crippen LogP contribution in [-0.2, 0) is 13.0 Å². The van der Waals surface area contributed by atoms with Gasteiger partial charge in [0.1, 0.15) is 0 Å². The van der Waals surface area contributed by atoms with Gasteiger partial charge in [-0.2, -0.15) is 5.21 Å². The first kappa shape index (κ1) is 24.3. The molecule has 2 aromatic heterocycles. The summed E-state index contributed by atoms with van der Waals surface area (Å²) >= 11 is 0. The summed E-state index contributed by atoms with van der Waals surface area (Å²) in [5.41, 5.74) is 4.60. The van der Waals surface area contributed by atoms with Crippen molar-refractivity contribution in [1.29, 1.82) is 0 Å². The number of unbranched alkanes of at least 4 members (excludes halogenated alkanes) is 3. The highest BCUT2D eigenvalue weighted by Gasteiger charge is 2.17. The van der Waals surface area contributed by atoms with Crippen LogP contribution in [0.5, 0.6) is 0 Å². The van der Waals surface area contributed by atoms with Gasteiger partial charge < -0.3 is 0 Å². The molecule has 1 N–H and O–H groups in total. The first-order valence-electron chi connectivity index (χ1n) is 12.4. The molecule has 0 fully saturated rings. The normalized spacial score (nSPS) is 11.1. The molecule has 8 nitrogen and oxygen atoms in total. The van der Waals surface area contributed by atoms with Crippen LogP contribution < -0.4 is 5.69 Å². The van der Waals surface area contributed by atoms with Gasteiger partial charge in [0.2, 0.25) is 11.7 Å². The number of hydrogen-bond acceptors (Lipinski definition) is 5. The van der Waals surface area contributed by atoms with Crippen molar-refractivity contribution in [3.05, 3.63) is 76.5 Å². The van der Waals surface area contributed by atoms with Gasteiger partial charge in [-0.25, -0.2) is 9.36 Å². The lowest BCUT2D eigenvalue weighted by atomic mass is 9.98. The number of nitrogens with one attached hydrogen (secondary N) is 1. The Kier molecular flexibility index (Phi) is 8.03. The monoisotopic (exact) mass is 472 g/mol. The van der Waals surface area contributed by atoms with Crippen LogP contribution in [0, 0.1) is 0 Å². The zero-order chi connectivity index (χ0) is 24.6. The van der Waals surface area contributed by atoms with Crippen LogP contribution in [0.1, 0.15) is 68.4 Å². The van der Waals surface area contributed by atoms with Gasteiger partial charge in [0, 0.05) is 23.9 Å². The third-order valence-electron chi connectivity index (χ3n) is 6.23. The second-order valence-electron chi connectivity index (χ2n) is 8.79. The molecular weight excluding hydrogens is 440 g/mol. The minimum atomic E-state index is -0.246. The Bertz CT molecular complexity index is 1300. The van der Waals surface area contributed by atoms with Crippen molar-refractivity contribution in [1.82, 2.24) is 29.8 Å². The summed E-state index contributed by atoms with van der Waals surface area (Å²) in [6, 6.07) is 16.1. The molecule has 2 aromatic carbocycles. The minimum absolute atomic E-state index is 0.124. The fourth-order valence-corrected chi connectivity index (χ4v) is 4.26. The molecule has 0 unspecified atom stereocenters. The van der Waals surface area contributed by atoms with E-state index in [1.54, 1.807) is 10.8 Å². The number of nitrogens with zero attached hydrogens (tertiary/aromatic N) is 5. The number of benzene rings is 2. The fraction of sp³-hybridized carbons (Fsp3) is 0.370. The predicted octanol–water partition coefficient (Wildman–Crippen LogP) is 5.11. The number of rotatable bonds is 11. The summed E-state index contributed by atoms with van der Waals surface area (Å²) in [7, 11) is 0. The standard InChI is InChI=1S/C27H32N6O2/c1-3-5-7-10-22-19-33(25(34)13-6-4-2)27(35)32(22)18-20-14-16-21(17-15-20)23-11-8-9-12-24(23)26-28-30-31-29-26/h8-9,11-12,14-17,19H,3-7,10,13,18H2,1-2H3,(H,28,29,30,31). The fourth-order valence-electron chi connectivity index (χ4n) is 4.26. The molecule has 8 heteroatoms. The zero-order valence-corrected chi connectivity index (χ0v) is 20.4. The van der Waals surface area contributed by atoms with Crippen LogP contribution in [0.15, 0.2) is 59.5 Å². The van der Waals surface area contributed by atoms with E-state index in [4.69, 9.17) is 0 Å². The largest absolute Gasteiger partial charge is 0.335 e. The maximum absolute atomic E-state index is 13.2. The number of hydrogen-bond donors (Lipinski definition) is 1. The molecule has 0 aliphatic carbocycles. The molecule has 0 spiro atoms. The van der Waals surface area contributed by atoms with Crippen LogP contribution in [-0.4, -0.2) is 35.7 Å². The van der Waals surface area contributed by atoms with E-state index in [2.05, 4.69) is 27.5 Å². The number of aromatic nitrogens is 6. The molecule has 0 saturated carbocycles. The molecule has 0 radical (unpaired) electrons. The molecule has 0 aliphatic heterocycles. The van der Waals surface area contributed by atoms with Crippen LogP contribution in [0.3, 0.4) is 0 Å². The van der Waals surface area contributed by atoms with Crippen LogP contribution in [0.25, 0.3) is 22.5 Å². The molecule has 182 valence electrons. The summed E-state index contributed by atoms with van der Waals surface area (Å²) in [5, 5.41) is 14.4. The molecule has 0 bridgehead atoms. The summed E-state index contributed by atoms with van der Waals surface area (Å²) < 4.78 is 3.06. The van der Waals surface area contributed by atoms with Crippen molar-refractivity contribution < 1.29 is 4.79 Å². The molecule has 0 amide bonds. The van der Waals surface area contributed by atoms with Crippen molar-refractivity contribution in [2.45, 2.75) is 65.3 Å². The lowest BCUT2D eigenvalue weighted by Gasteiger charge is -2.10. The third kappa shape index (κ3) is 5.65. The van der Waals surface area contributed by atoms with Gasteiger partial charge in [0.05, 0.1) is 6.54 Å². The molecule has 4 rings (SSSR count). The molecule has 35 heavy (non-hydrogen) atoms. The Hall–Kier alpha value is -3.81. The number of imidazole rings is 1. The Balaban J connectivity index is 1.60. The van der Waals surface area contributed by atoms with E-state index in [0.29, 0.717) is 18.8 Å². The van der Waals surface area contributed by atoms with Crippen LogP contribution in [0.4, 0.5) is 0 Å². The maximum Gasteiger partial charge on any atom is 0.335 e. The Morgan fingerprint density at radius 2 is 1.69 bits per heavy atom. The van der Waals surface area contributed by atoms with Gasteiger partial charge in [0.15, 0.2) is 0 Å². The van der Waals surface area contributed by atoms with E-state index < -0.39 is 0 Å². The second-order valence-corrected chi connectivity index (χ2v) is 8.79.